The first-order valence-electron chi connectivity index (χ1n) is 7.97. The molecular weight excluding hydrogens is 305 g/mol. The summed E-state index contributed by atoms with van der Waals surface area (Å²) in [7, 11) is 0. The van der Waals surface area contributed by atoms with Crippen molar-refractivity contribution >= 4 is 5.91 Å². The van der Waals surface area contributed by atoms with Crippen LogP contribution in [-0.4, -0.2) is 35.1 Å². The number of hydrogen-bond donors (Lipinski definition) is 1. The number of rotatable bonds is 1. The minimum Gasteiger partial charge on any atom is -0.389 e. The summed E-state index contributed by atoms with van der Waals surface area (Å²) in [5, 5.41) is 9.22. The van der Waals surface area contributed by atoms with Gasteiger partial charge < -0.3 is 10.0 Å². The minimum absolute atomic E-state index is 0.0802. The third-order valence-electron chi connectivity index (χ3n) is 3.48. The number of amides is 1. The number of aliphatic hydroxyl groups excluding tert-OH is 1. The highest BCUT2D eigenvalue weighted by Gasteiger charge is 2.29. The lowest BCUT2D eigenvalue weighted by molar-refractivity contribution is 0.00589. The van der Waals surface area contributed by atoms with Crippen LogP contribution in [0.4, 0.5) is 4.39 Å². The summed E-state index contributed by atoms with van der Waals surface area (Å²) in [5.74, 6) is 5.55. The van der Waals surface area contributed by atoms with Gasteiger partial charge in [-0.3, -0.25) is 4.79 Å². The molecule has 24 heavy (non-hydrogen) atoms. The topological polar surface area (TPSA) is 40.5 Å². The van der Waals surface area contributed by atoms with Gasteiger partial charge in [-0.05, 0) is 48.5 Å². The average molecular weight is 325 g/mol. The Hall–Kier alpha value is -2.64. The van der Waals surface area contributed by atoms with Crippen LogP contribution in [-0.2, 0) is 0 Å². The van der Waals surface area contributed by atoms with Crippen molar-refractivity contribution in [2.45, 2.75) is 20.0 Å². The molecule has 0 saturated carbocycles. The van der Waals surface area contributed by atoms with E-state index in [0.29, 0.717) is 18.7 Å². The van der Waals surface area contributed by atoms with Crippen LogP contribution in [0.5, 0.6) is 0 Å². The summed E-state index contributed by atoms with van der Waals surface area (Å²) in [5.41, 5.74) is 2.10. The molecule has 3 nitrogen and oxygen atoms in total. The zero-order valence-corrected chi connectivity index (χ0v) is 13.8. The number of nitrogens with zero attached hydrogens (tertiary/aromatic N) is 1. The molecule has 3 rings (SSSR count). The molecule has 1 amide bonds. The maximum Gasteiger partial charge on any atom is 0.254 e. The van der Waals surface area contributed by atoms with Crippen molar-refractivity contribution in [2.24, 2.45) is 0 Å². The first-order chi connectivity index (χ1) is 11.6. The third kappa shape index (κ3) is 4.43. The molecule has 1 aliphatic rings. The number of halogens is 1. The Bertz CT molecular complexity index is 736. The summed E-state index contributed by atoms with van der Waals surface area (Å²) in [6.45, 7) is 4.79. The van der Waals surface area contributed by atoms with Crippen molar-refractivity contribution in [1.29, 1.82) is 0 Å². The van der Waals surface area contributed by atoms with Gasteiger partial charge in [0, 0.05) is 29.8 Å². The standard InChI is InChI=1S/C18H14FNO2.C2H6/c19-16-9-5-14(6-10-16)2-1-13-3-7-15(8-4-13)18(22)20-11-17(21)12-20;1-2/h3-10,17,21H,11-12H2;1-2H3. The molecule has 1 aliphatic heterocycles. The molecule has 0 aliphatic carbocycles. The van der Waals surface area contributed by atoms with Crippen molar-refractivity contribution in [2.75, 3.05) is 13.1 Å². The molecule has 1 heterocycles. The minimum atomic E-state index is -0.398. The van der Waals surface area contributed by atoms with E-state index in [2.05, 4.69) is 11.8 Å². The second-order valence-electron chi connectivity index (χ2n) is 5.20. The van der Waals surface area contributed by atoms with E-state index >= 15 is 0 Å². The van der Waals surface area contributed by atoms with Crippen LogP contribution in [0.3, 0.4) is 0 Å². The van der Waals surface area contributed by atoms with Crippen LogP contribution in [0.15, 0.2) is 48.5 Å². The number of hydrogen-bond acceptors (Lipinski definition) is 2. The van der Waals surface area contributed by atoms with E-state index in [1.165, 1.54) is 12.1 Å². The van der Waals surface area contributed by atoms with Crippen molar-refractivity contribution in [3.63, 3.8) is 0 Å². The number of β-amino-alcohol motifs (C(OH)–C–C–N with tert-alkyl or cyclic N) is 1. The molecule has 0 bridgehead atoms. The molecule has 2 aromatic rings. The fourth-order valence-corrected chi connectivity index (χ4v) is 2.18. The van der Waals surface area contributed by atoms with Crippen LogP contribution in [0, 0.1) is 17.7 Å². The van der Waals surface area contributed by atoms with E-state index in [0.717, 1.165) is 11.1 Å². The van der Waals surface area contributed by atoms with Crippen LogP contribution in [0.1, 0.15) is 35.3 Å². The fraction of sp³-hybridized carbons (Fsp3) is 0.250. The molecule has 1 N–H and O–H groups in total. The second-order valence-corrected chi connectivity index (χ2v) is 5.20. The number of benzene rings is 2. The van der Waals surface area contributed by atoms with Crippen LogP contribution in [0.2, 0.25) is 0 Å². The van der Waals surface area contributed by atoms with E-state index < -0.39 is 6.10 Å². The zero-order chi connectivity index (χ0) is 17.5. The smallest absolute Gasteiger partial charge is 0.254 e. The van der Waals surface area contributed by atoms with E-state index in [1.54, 1.807) is 41.3 Å². The SMILES string of the molecule is CC.O=C(c1ccc(C#Cc2ccc(F)cc2)cc1)N1CC(O)C1. The lowest BCUT2D eigenvalue weighted by atomic mass is 10.1. The number of aliphatic hydroxyl groups is 1. The summed E-state index contributed by atoms with van der Waals surface area (Å²) >= 11 is 0. The molecule has 0 unspecified atom stereocenters. The van der Waals surface area contributed by atoms with Gasteiger partial charge in [-0.25, -0.2) is 4.39 Å². The Balaban J connectivity index is 0.00000100. The Morgan fingerprint density at radius 1 is 1.00 bits per heavy atom. The molecule has 0 spiro atoms. The normalized spacial score (nSPS) is 13.1. The summed E-state index contributed by atoms with van der Waals surface area (Å²) in [4.78, 5) is 13.6. The van der Waals surface area contributed by atoms with Crippen molar-refractivity contribution in [1.82, 2.24) is 4.90 Å². The Morgan fingerprint density at radius 3 is 1.92 bits per heavy atom. The lowest BCUT2D eigenvalue weighted by Gasteiger charge is -2.35. The molecule has 0 radical (unpaired) electrons. The monoisotopic (exact) mass is 325 g/mol. The van der Waals surface area contributed by atoms with E-state index in [9.17, 15) is 14.3 Å². The van der Waals surface area contributed by atoms with E-state index in [4.69, 9.17) is 0 Å². The van der Waals surface area contributed by atoms with Gasteiger partial charge in [-0.1, -0.05) is 25.7 Å². The van der Waals surface area contributed by atoms with Gasteiger partial charge in [0.15, 0.2) is 0 Å². The van der Waals surface area contributed by atoms with Crippen molar-refractivity contribution in [3.05, 3.63) is 71.0 Å². The first kappa shape index (κ1) is 17.7. The van der Waals surface area contributed by atoms with Crippen molar-refractivity contribution in [3.8, 4) is 11.8 Å². The Labute approximate surface area is 141 Å². The van der Waals surface area contributed by atoms with Gasteiger partial charge in [0.05, 0.1) is 6.10 Å². The van der Waals surface area contributed by atoms with E-state index in [-0.39, 0.29) is 11.7 Å². The van der Waals surface area contributed by atoms with Gasteiger partial charge in [0.25, 0.3) is 5.91 Å². The Morgan fingerprint density at radius 2 is 1.46 bits per heavy atom. The number of carbonyl (C=O) groups is 1. The molecule has 0 atom stereocenters. The van der Waals surface area contributed by atoms with Crippen LogP contribution in [0.25, 0.3) is 0 Å². The molecular formula is C20H20FNO2. The fourth-order valence-electron chi connectivity index (χ4n) is 2.18. The molecule has 124 valence electrons. The highest BCUT2D eigenvalue weighted by molar-refractivity contribution is 5.94. The maximum atomic E-state index is 12.8. The van der Waals surface area contributed by atoms with Crippen LogP contribution < -0.4 is 0 Å². The highest BCUT2D eigenvalue weighted by atomic mass is 19.1. The van der Waals surface area contributed by atoms with E-state index in [1.807, 2.05) is 13.8 Å². The van der Waals surface area contributed by atoms with Crippen molar-refractivity contribution < 1.29 is 14.3 Å². The molecule has 2 aromatic carbocycles. The number of likely N-dealkylation sites (tertiary alicyclic amines) is 1. The Kier molecular flexibility index (Phi) is 6.11. The summed E-state index contributed by atoms with van der Waals surface area (Å²) in [6.07, 6.45) is -0.398. The lowest BCUT2D eigenvalue weighted by Crippen LogP contribution is -2.53. The average Bonchev–Trinajstić information content (AvgIpc) is 2.60. The molecule has 1 fully saturated rings. The maximum absolute atomic E-state index is 12.8. The quantitative estimate of drug-likeness (QED) is 0.819. The predicted molar refractivity (Wildman–Crippen MR) is 92.1 cm³/mol. The summed E-state index contributed by atoms with van der Waals surface area (Å²) < 4.78 is 12.8. The van der Waals surface area contributed by atoms with Crippen LogP contribution >= 0.6 is 0 Å². The molecule has 4 heteroatoms. The third-order valence-corrected chi connectivity index (χ3v) is 3.48. The predicted octanol–water partition coefficient (Wildman–Crippen LogP) is 3.07. The second kappa shape index (κ2) is 8.28. The van der Waals surface area contributed by atoms with Gasteiger partial charge in [-0.15, -0.1) is 0 Å². The molecule has 1 saturated heterocycles. The van der Waals surface area contributed by atoms with Gasteiger partial charge >= 0.3 is 0 Å². The highest BCUT2D eigenvalue weighted by Crippen LogP contribution is 2.13. The zero-order valence-electron chi connectivity index (χ0n) is 13.8. The number of carbonyl (C=O) groups excluding carboxylic acids is 1. The van der Waals surface area contributed by atoms with Gasteiger partial charge in [-0.2, -0.15) is 0 Å². The van der Waals surface area contributed by atoms with Gasteiger partial charge in [0.1, 0.15) is 5.82 Å². The first-order valence-corrected chi connectivity index (χ1v) is 7.97. The van der Waals surface area contributed by atoms with Gasteiger partial charge in [0.2, 0.25) is 0 Å². The summed E-state index contributed by atoms with van der Waals surface area (Å²) in [6, 6.07) is 13.0. The molecule has 0 aromatic heterocycles. The largest absolute Gasteiger partial charge is 0.389 e.